The van der Waals surface area contributed by atoms with Gasteiger partial charge in [-0.25, -0.2) is 23.7 Å². The molecule has 0 unspecified atom stereocenters. The molecule has 4 aromatic heterocycles. The summed E-state index contributed by atoms with van der Waals surface area (Å²) < 4.78 is 48.2. The molecule has 5 aromatic rings. The molecule has 2 aliphatic rings. The number of hydrogen-bond acceptors (Lipinski definition) is 8. The van der Waals surface area contributed by atoms with Gasteiger partial charge in [-0.3, -0.25) is 4.79 Å². The molecule has 0 radical (unpaired) electrons. The molecule has 1 N–H and O–H groups in total. The first kappa shape index (κ1) is 25.1. The van der Waals surface area contributed by atoms with Crippen molar-refractivity contribution in [2.75, 3.05) is 0 Å². The summed E-state index contributed by atoms with van der Waals surface area (Å²) in [5.74, 6) is -2.82. The highest BCUT2D eigenvalue weighted by molar-refractivity contribution is 6.31. The quantitative estimate of drug-likeness (QED) is 0.333. The largest absolute Gasteiger partial charge is 0.338 e. The zero-order valence-corrected chi connectivity index (χ0v) is 21.5. The molecule has 41 heavy (non-hydrogen) atoms. The minimum Gasteiger partial charge on any atom is -0.338 e. The van der Waals surface area contributed by atoms with Crippen LogP contribution in [0.25, 0.3) is 28.3 Å². The predicted octanol–water partition coefficient (Wildman–Crippen LogP) is 3.62. The van der Waals surface area contributed by atoms with Gasteiger partial charge in [0.15, 0.2) is 17.5 Å². The number of aromatic amines is 1. The summed E-state index contributed by atoms with van der Waals surface area (Å²) in [5.41, 5.74) is 0.617. The van der Waals surface area contributed by atoms with Crippen LogP contribution in [-0.4, -0.2) is 66.8 Å². The van der Waals surface area contributed by atoms with Crippen molar-refractivity contribution in [2.45, 2.75) is 31.3 Å². The monoisotopic (exact) mass is 579 g/mol. The molecule has 1 saturated heterocycles. The molecule has 2 aliphatic heterocycles. The number of tetrazole rings is 1. The van der Waals surface area contributed by atoms with E-state index in [0.717, 1.165) is 4.68 Å². The second-order valence-corrected chi connectivity index (χ2v) is 9.91. The standard InChI is InChI=1S/C25H17ClF3N11O/c26-15-2-4-16(38-11-32-36-37-38)19(21(15)28)12-7-13-1-3-17(40(13)18(41)8-12)24-34-22(23(29)35-24)14-5-6-31-25(20(14)27)39-10-30-9-33-39/h2,4-6,8-11,13,17H,1,3,7H2,(H,34,35)/t13-,17-/m1/s1. The Bertz CT molecular complexity index is 1820. The Labute approximate surface area is 233 Å². The predicted molar refractivity (Wildman–Crippen MR) is 136 cm³/mol. The van der Waals surface area contributed by atoms with Crippen LogP contribution in [0.1, 0.15) is 36.7 Å². The summed E-state index contributed by atoms with van der Waals surface area (Å²) in [6, 6.07) is 3.36. The smallest absolute Gasteiger partial charge is 0.247 e. The number of carbonyl (C=O) groups excluding carboxylic acids is 1. The van der Waals surface area contributed by atoms with Crippen LogP contribution in [0, 0.1) is 17.6 Å². The average Bonchev–Trinajstić information content (AvgIpc) is 3.77. The molecule has 7 rings (SSSR count). The normalized spacial score (nSPS) is 18.6. The molecule has 16 heteroatoms. The highest BCUT2D eigenvalue weighted by Crippen LogP contribution is 2.44. The van der Waals surface area contributed by atoms with E-state index in [0.29, 0.717) is 30.5 Å². The lowest BCUT2D eigenvalue weighted by molar-refractivity contribution is -0.129. The highest BCUT2D eigenvalue weighted by atomic mass is 35.5. The number of pyridine rings is 1. The number of benzene rings is 1. The van der Waals surface area contributed by atoms with Crippen LogP contribution >= 0.6 is 11.6 Å². The zero-order valence-electron chi connectivity index (χ0n) is 20.8. The van der Waals surface area contributed by atoms with E-state index in [4.69, 9.17) is 11.6 Å². The number of nitrogens with zero attached hydrogens (tertiary/aromatic N) is 10. The molecule has 6 heterocycles. The van der Waals surface area contributed by atoms with E-state index >= 15 is 13.2 Å². The molecule has 2 atom stereocenters. The third-order valence-corrected chi connectivity index (χ3v) is 7.56. The third-order valence-electron chi connectivity index (χ3n) is 7.27. The van der Waals surface area contributed by atoms with E-state index < -0.39 is 29.5 Å². The second-order valence-electron chi connectivity index (χ2n) is 9.50. The minimum absolute atomic E-state index is 0.102. The van der Waals surface area contributed by atoms with Gasteiger partial charge in [-0.05, 0) is 53.5 Å². The van der Waals surface area contributed by atoms with E-state index in [1.165, 1.54) is 48.1 Å². The van der Waals surface area contributed by atoms with Crippen LogP contribution in [0.3, 0.4) is 0 Å². The lowest BCUT2D eigenvalue weighted by Crippen LogP contribution is -2.39. The molecule has 12 nitrogen and oxygen atoms in total. The van der Waals surface area contributed by atoms with E-state index in [1.54, 1.807) is 11.0 Å². The first-order valence-corrected chi connectivity index (χ1v) is 12.8. The number of halogens is 4. The summed E-state index contributed by atoms with van der Waals surface area (Å²) in [5, 5.41) is 14.8. The van der Waals surface area contributed by atoms with Crippen LogP contribution in [0.4, 0.5) is 13.2 Å². The maximum atomic E-state index is 15.3. The van der Waals surface area contributed by atoms with Gasteiger partial charge < -0.3 is 9.88 Å². The topological polar surface area (TPSA) is 136 Å². The molecule has 1 amide bonds. The van der Waals surface area contributed by atoms with Crippen molar-refractivity contribution in [3.63, 3.8) is 0 Å². The molecule has 1 fully saturated rings. The Morgan fingerprint density at radius 1 is 1.05 bits per heavy atom. The number of fused-ring (bicyclic) bond motifs is 1. The molecule has 0 aliphatic carbocycles. The van der Waals surface area contributed by atoms with Crippen molar-refractivity contribution < 1.29 is 18.0 Å². The van der Waals surface area contributed by atoms with Crippen LogP contribution in [0.15, 0.2) is 49.5 Å². The zero-order chi connectivity index (χ0) is 28.2. The summed E-state index contributed by atoms with van der Waals surface area (Å²) >= 11 is 6.09. The first-order valence-electron chi connectivity index (χ1n) is 12.4. The average molecular weight is 580 g/mol. The summed E-state index contributed by atoms with van der Waals surface area (Å²) in [7, 11) is 0. The van der Waals surface area contributed by atoms with Crippen molar-refractivity contribution in [1.82, 2.24) is 54.8 Å². The van der Waals surface area contributed by atoms with Gasteiger partial charge in [0.25, 0.3) is 0 Å². The molecule has 0 saturated carbocycles. The Morgan fingerprint density at radius 3 is 2.71 bits per heavy atom. The Balaban J connectivity index is 1.22. The molecule has 1 aromatic carbocycles. The van der Waals surface area contributed by atoms with Gasteiger partial charge in [0, 0.05) is 29.4 Å². The minimum atomic E-state index is -0.925. The number of carbonyl (C=O) groups is 1. The number of rotatable bonds is 5. The van der Waals surface area contributed by atoms with Crippen LogP contribution < -0.4 is 0 Å². The highest BCUT2D eigenvalue weighted by Gasteiger charge is 2.42. The molecular weight excluding hydrogens is 563 g/mol. The second kappa shape index (κ2) is 9.62. The molecule has 206 valence electrons. The Kier molecular flexibility index (Phi) is 5.88. The van der Waals surface area contributed by atoms with E-state index in [1.807, 2.05) is 0 Å². The fraction of sp³-hybridized carbons (Fsp3) is 0.200. The molecular formula is C25H17ClF3N11O. The van der Waals surface area contributed by atoms with Gasteiger partial charge in [-0.1, -0.05) is 11.6 Å². The molecule has 0 bridgehead atoms. The first-order chi connectivity index (χ1) is 19.9. The van der Waals surface area contributed by atoms with Crippen molar-refractivity contribution in [3.8, 4) is 22.8 Å². The van der Waals surface area contributed by atoms with Crippen molar-refractivity contribution in [3.05, 3.63) is 83.4 Å². The number of H-pyrrole nitrogens is 1. The summed E-state index contributed by atoms with van der Waals surface area (Å²) in [6.07, 6.45) is 7.79. The maximum Gasteiger partial charge on any atom is 0.247 e. The van der Waals surface area contributed by atoms with E-state index in [9.17, 15) is 4.79 Å². The van der Waals surface area contributed by atoms with Crippen LogP contribution in [0.2, 0.25) is 5.02 Å². The molecule has 0 spiro atoms. The fourth-order valence-electron chi connectivity index (χ4n) is 5.51. The van der Waals surface area contributed by atoms with Gasteiger partial charge >= 0.3 is 0 Å². The lowest BCUT2D eigenvalue weighted by Gasteiger charge is -2.33. The Hall–Kier alpha value is -4.92. The third kappa shape index (κ3) is 4.07. The Morgan fingerprint density at radius 2 is 1.93 bits per heavy atom. The van der Waals surface area contributed by atoms with E-state index in [-0.39, 0.29) is 39.5 Å². The van der Waals surface area contributed by atoms with Crippen molar-refractivity contribution >= 4 is 23.1 Å². The number of nitrogens with one attached hydrogen (secondary N) is 1. The van der Waals surface area contributed by atoms with Gasteiger partial charge in [-0.2, -0.15) is 18.9 Å². The van der Waals surface area contributed by atoms with E-state index in [2.05, 4.69) is 40.6 Å². The number of aromatic nitrogens is 10. The fourth-order valence-corrected chi connectivity index (χ4v) is 5.67. The summed E-state index contributed by atoms with van der Waals surface area (Å²) in [6.45, 7) is 0. The van der Waals surface area contributed by atoms with Crippen LogP contribution in [-0.2, 0) is 4.79 Å². The van der Waals surface area contributed by atoms with Gasteiger partial charge in [0.05, 0.1) is 16.8 Å². The van der Waals surface area contributed by atoms with Gasteiger partial charge in [-0.15, -0.1) is 5.10 Å². The summed E-state index contributed by atoms with van der Waals surface area (Å²) in [4.78, 5) is 29.7. The van der Waals surface area contributed by atoms with Crippen molar-refractivity contribution in [2.24, 2.45) is 0 Å². The number of amides is 1. The lowest BCUT2D eigenvalue weighted by atomic mass is 9.92. The number of imidazole rings is 1. The van der Waals surface area contributed by atoms with Gasteiger partial charge in [0.1, 0.15) is 30.5 Å². The van der Waals surface area contributed by atoms with Crippen LogP contribution in [0.5, 0.6) is 0 Å². The van der Waals surface area contributed by atoms with Gasteiger partial charge in [0.2, 0.25) is 11.9 Å². The van der Waals surface area contributed by atoms with Crippen molar-refractivity contribution in [1.29, 1.82) is 0 Å². The maximum absolute atomic E-state index is 15.3. The number of hydrogen-bond donors (Lipinski definition) is 1. The SMILES string of the molecule is O=C1C=C(c2c(-n3cnnn3)ccc(Cl)c2F)C[C@H]2CC[C@H](c3nc(F)c(-c4ccnc(-n5cncn5)c4F)[nH]3)N12.